The van der Waals surface area contributed by atoms with Gasteiger partial charge in [-0.3, -0.25) is 9.59 Å². The molecule has 43 heavy (non-hydrogen) atoms. The molecule has 18 heteroatoms. The Hall–Kier alpha value is -2.90. The fourth-order valence-electron chi connectivity index (χ4n) is 3.64. The van der Waals surface area contributed by atoms with Crippen LogP contribution in [0.1, 0.15) is 0 Å². The number of rotatable bonds is 8. The topological polar surface area (TPSA) is 232 Å². The fourth-order valence-corrected chi connectivity index (χ4v) is 4.58. The normalized spacial score (nSPS) is 18.5. The van der Waals surface area contributed by atoms with E-state index in [1.165, 1.54) is 42.5 Å². The van der Waals surface area contributed by atoms with Crippen molar-refractivity contribution in [3.8, 4) is 0 Å². The summed E-state index contributed by atoms with van der Waals surface area (Å²) in [6.07, 6.45) is 10.8. The Morgan fingerprint density at radius 2 is 1.16 bits per heavy atom. The van der Waals surface area contributed by atoms with E-state index in [0.29, 0.717) is 0 Å². The Bertz CT molecular complexity index is 1800. The number of hydrogen-bond donors (Lipinski definition) is 2. The van der Waals surface area contributed by atoms with Crippen molar-refractivity contribution in [2.75, 3.05) is 10.0 Å². The van der Waals surface area contributed by atoms with Crippen LogP contribution in [-0.2, 0) is 29.8 Å². The molecule has 0 saturated heterocycles. The van der Waals surface area contributed by atoms with E-state index in [0.717, 1.165) is 34.3 Å². The average molecular weight is 643 g/mol. The van der Waals surface area contributed by atoms with E-state index >= 15 is 0 Å². The van der Waals surface area contributed by atoms with Gasteiger partial charge in [0.2, 0.25) is 0 Å². The number of anilines is 2. The maximum absolute atomic E-state index is 12.7. The van der Waals surface area contributed by atoms with Crippen molar-refractivity contribution >= 4 is 55.1 Å². The average Bonchev–Trinajstić information content (AvgIpc) is 3.36. The van der Waals surface area contributed by atoms with Crippen molar-refractivity contribution in [1.29, 1.82) is 0 Å². The van der Waals surface area contributed by atoms with Crippen molar-refractivity contribution in [1.82, 2.24) is 0 Å². The second kappa shape index (κ2) is 14.7. The molecule has 0 radical (unpaired) electrons. The first-order valence-corrected chi connectivity index (χ1v) is 14.3. The first-order valence-electron chi connectivity index (χ1n) is 11.5. The van der Waals surface area contributed by atoms with Crippen molar-refractivity contribution in [3.05, 3.63) is 96.6 Å². The number of amides is 2. The summed E-state index contributed by atoms with van der Waals surface area (Å²) in [5, 5.41) is 9.94. The number of hydrogen-bond acceptors (Lipinski definition) is 12. The van der Waals surface area contributed by atoms with Crippen LogP contribution in [0.15, 0.2) is 117 Å². The van der Waals surface area contributed by atoms with Crippen molar-refractivity contribution in [2.24, 2.45) is 27.6 Å². The molecular weight excluding hydrogens is 622 g/mol. The van der Waals surface area contributed by atoms with Gasteiger partial charge < -0.3 is 20.6 Å². The van der Waals surface area contributed by atoms with Gasteiger partial charge in [-0.2, -0.15) is 15.1 Å². The molecule has 2 aliphatic rings. The molecule has 0 bridgehead atoms. The van der Waals surface area contributed by atoms with E-state index in [1.54, 1.807) is 24.3 Å². The Kier molecular flexibility index (Phi) is 12.4. The molecule has 2 aromatic carbocycles. The smallest absolute Gasteiger partial charge is 0.744 e. The first-order chi connectivity index (χ1) is 19.3. The monoisotopic (exact) mass is 642 g/mol. The molecule has 1 unspecified atom stereocenters. The summed E-state index contributed by atoms with van der Waals surface area (Å²) in [5.74, 6) is -1.95. The molecule has 0 saturated carbocycles. The standard InChI is InChI=1S/C25H22N6O8S2.2Na/c26-22-20(24(32)30(28-22)16-8-12-18(13-9-16)40(34,35)36)6-4-2-1-3-5-7-21-23(27)29-31(25(21)33)17-10-14-19(15-11-17)41(37,38)39;;/h1-15,20H,(H2,26,28)(H2,27,29)(H,34,35,36)(H,37,38,39);;/q;2*+1/p-2/b2-1+,5-3+,6-4+,21-7-;;. The molecule has 2 amide bonds. The molecule has 4 rings (SSSR count). The van der Waals surface area contributed by atoms with Gasteiger partial charge in [-0.25, -0.2) is 16.8 Å². The summed E-state index contributed by atoms with van der Waals surface area (Å²) in [6, 6.07) is 9.33. The van der Waals surface area contributed by atoms with Crippen LogP contribution in [0, 0.1) is 5.92 Å². The molecule has 14 nitrogen and oxygen atoms in total. The van der Waals surface area contributed by atoms with E-state index < -0.39 is 47.8 Å². The summed E-state index contributed by atoms with van der Waals surface area (Å²) in [4.78, 5) is 24.5. The molecule has 2 aromatic rings. The van der Waals surface area contributed by atoms with Crippen LogP contribution in [0.25, 0.3) is 0 Å². The zero-order chi connectivity index (χ0) is 29.9. The predicted molar refractivity (Wildman–Crippen MR) is 146 cm³/mol. The number of carbonyl (C=O) groups excluding carboxylic acids is 2. The number of carbonyl (C=O) groups is 2. The SMILES string of the molecule is NC1=NN(c2ccc(S(=O)(=O)[O-])cc2)C(=O)\C1=C/C=C/C=C/C=C/C1C(=O)N(c2ccc(S(=O)(=O)[O-])cc2)N=C1N.[Na+].[Na+]. The summed E-state index contributed by atoms with van der Waals surface area (Å²) in [5.41, 5.74) is 12.3. The van der Waals surface area contributed by atoms with Gasteiger partial charge in [0.25, 0.3) is 11.8 Å². The van der Waals surface area contributed by atoms with Gasteiger partial charge in [0.1, 0.15) is 32.0 Å². The minimum Gasteiger partial charge on any atom is -0.744 e. The minimum atomic E-state index is -4.63. The quantitative estimate of drug-likeness (QED) is 0.120. The minimum absolute atomic E-state index is 0. The van der Waals surface area contributed by atoms with E-state index in [-0.39, 0.29) is 87.7 Å². The fraction of sp³-hybridized carbons (Fsp3) is 0.0400. The molecule has 0 fully saturated rings. The number of allylic oxidation sites excluding steroid dienone is 6. The van der Waals surface area contributed by atoms with Gasteiger partial charge >= 0.3 is 59.1 Å². The molecule has 1 atom stereocenters. The number of benzene rings is 2. The molecule has 212 valence electrons. The van der Waals surface area contributed by atoms with Gasteiger partial charge in [-0.05, 0) is 54.6 Å². The molecule has 0 spiro atoms. The third-order valence-corrected chi connectivity index (χ3v) is 7.37. The van der Waals surface area contributed by atoms with E-state index in [2.05, 4.69) is 10.2 Å². The van der Waals surface area contributed by atoms with Crippen molar-refractivity contribution < 1.29 is 94.6 Å². The Morgan fingerprint density at radius 1 is 0.698 bits per heavy atom. The van der Waals surface area contributed by atoms with Crippen molar-refractivity contribution in [2.45, 2.75) is 9.79 Å². The zero-order valence-corrected chi connectivity index (χ0v) is 28.4. The van der Waals surface area contributed by atoms with E-state index in [4.69, 9.17) is 11.5 Å². The molecule has 2 heterocycles. The summed E-state index contributed by atoms with van der Waals surface area (Å²) in [6.45, 7) is 0. The number of nitrogens with two attached hydrogens (primary N) is 2. The van der Waals surface area contributed by atoms with Crippen LogP contribution in [0.2, 0.25) is 0 Å². The van der Waals surface area contributed by atoms with Crippen LogP contribution >= 0.6 is 0 Å². The van der Waals surface area contributed by atoms with Crippen LogP contribution in [0.3, 0.4) is 0 Å². The molecular formula is C25H20N6Na2O8S2. The third kappa shape index (κ3) is 8.60. The molecule has 0 aliphatic carbocycles. The predicted octanol–water partition coefficient (Wildman–Crippen LogP) is -5.35. The Morgan fingerprint density at radius 3 is 1.67 bits per heavy atom. The number of nitrogens with zero attached hydrogens (tertiary/aromatic N) is 4. The Balaban J connectivity index is 0.00000323. The molecule has 0 aromatic heterocycles. The Labute approximate surface area is 291 Å². The van der Waals surface area contributed by atoms with Crippen LogP contribution in [0.4, 0.5) is 11.4 Å². The maximum atomic E-state index is 12.7. The third-order valence-electron chi connectivity index (χ3n) is 5.67. The molecule has 4 N–H and O–H groups in total. The van der Waals surface area contributed by atoms with Gasteiger partial charge in [-0.15, -0.1) is 5.10 Å². The largest absolute Gasteiger partial charge is 1.00 e. The van der Waals surface area contributed by atoms with Gasteiger partial charge in [0.15, 0.2) is 5.84 Å². The number of hydrazone groups is 2. The second-order valence-corrected chi connectivity index (χ2v) is 11.1. The molecule has 2 aliphatic heterocycles. The maximum Gasteiger partial charge on any atom is 1.00 e. The van der Waals surface area contributed by atoms with Gasteiger partial charge in [0.05, 0.1) is 26.7 Å². The van der Waals surface area contributed by atoms with Gasteiger partial charge in [-0.1, -0.05) is 36.5 Å². The zero-order valence-electron chi connectivity index (χ0n) is 22.8. The summed E-state index contributed by atoms with van der Waals surface area (Å²) < 4.78 is 66.5. The second-order valence-electron chi connectivity index (χ2n) is 8.39. The van der Waals surface area contributed by atoms with Gasteiger partial charge in [0, 0.05) is 0 Å². The van der Waals surface area contributed by atoms with E-state index in [1.807, 2.05) is 0 Å². The van der Waals surface area contributed by atoms with Crippen LogP contribution in [0.5, 0.6) is 0 Å². The van der Waals surface area contributed by atoms with Crippen LogP contribution in [-0.4, -0.2) is 49.4 Å². The van der Waals surface area contributed by atoms with Crippen LogP contribution < -0.4 is 80.6 Å². The summed E-state index contributed by atoms with van der Waals surface area (Å²) in [7, 11) is -9.26. The summed E-state index contributed by atoms with van der Waals surface area (Å²) >= 11 is 0. The number of amidine groups is 2. The van der Waals surface area contributed by atoms with E-state index in [9.17, 15) is 35.5 Å². The first kappa shape index (κ1) is 36.3. The van der Waals surface area contributed by atoms with Crippen molar-refractivity contribution in [3.63, 3.8) is 0 Å².